The summed E-state index contributed by atoms with van der Waals surface area (Å²) in [6.45, 7) is 7.49. The molecule has 15 heavy (non-hydrogen) atoms. The van der Waals surface area contributed by atoms with E-state index in [2.05, 4.69) is 25.2 Å². The summed E-state index contributed by atoms with van der Waals surface area (Å²) < 4.78 is 5.59. The molecular formula is C12H19NOS. The molecule has 1 aromatic heterocycles. The number of thioether (sulfide) groups is 1. The third-order valence-corrected chi connectivity index (χ3v) is 4.23. The van der Waals surface area contributed by atoms with Gasteiger partial charge in [-0.15, -0.1) is 0 Å². The predicted octanol–water partition coefficient (Wildman–Crippen LogP) is 2.91. The Labute approximate surface area is 95.8 Å². The Balaban J connectivity index is 2.12. The van der Waals surface area contributed by atoms with Crippen molar-refractivity contribution in [3.8, 4) is 0 Å². The highest BCUT2D eigenvalue weighted by atomic mass is 32.2. The Kier molecular flexibility index (Phi) is 3.42. The van der Waals surface area contributed by atoms with Gasteiger partial charge in [-0.05, 0) is 38.1 Å². The average molecular weight is 225 g/mol. The van der Waals surface area contributed by atoms with Gasteiger partial charge in [0.1, 0.15) is 11.5 Å². The average Bonchev–Trinajstić information content (AvgIpc) is 2.39. The smallest absolute Gasteiger partial charge is 0.105 e. The highest BCUT2D eigenvalue weighted by Crippen LogP contribution is 2.27. The van der Waals surface area contributed by atoms with Crippen molar-refractivity contribution >= 4 is 11.8 Å². The van der Waals surface area contributed by atoms with Crippen molar-refractivity contribution in [3.05, 3.63) is 23.2 Å². The molecule has 3 heteroatoms. The van der Waals surface area contributed by atoms with Gasteiger partial charge in [-0.1, -0.05) is 6.92 Å². The quantitative estimate of drug-likeness (QED) is 0.795. The molecule has 0 aliphatic carbocycles. The molecule has 1 aliphatic rings. The molecule has 2 atom stereocenters. The second-order valence-corrected chi connectivity index (χ2v) is 5.55. The van der Waals surface area contributed by atoms with Crippen molar-refractivity contribution < 1.29 is 4.42 Å². The van der Waals surface area contributed by atoms with Crippen LogP contribution in [-0.4, -0.2) is 18.1 Å². The van der Waals surface area contributed by atoms with Gasteiger partial charge < -0.3 is 9.73 Å². The third-order valence-electron chi connectivity index (χ3n) is 2.85. The zero-order chi connectivity index (χ0) is 10.8. The molecule has 0 aromatic carbocycles. The van der Waals surface area contributed by atoms with Crippen LogP contribution in [0.25, 0.3) is 0 Å². The molecule has 2 rings (SSSR count). The van der Waals surface area contributed by atoms with Crippen LogP contribution in [0, 0.1) is 19.8 Å². The molecule has 1 aliphatic heterocycles. The normalized spacial score (nSPS) is 27.7. The minimum Gasteiger partial charge on any atom is -0.466 e. The lowest BCUT2D eigenvalue weighted by Gasteiger charge is -2.14. The summed E-state index contributed by atoms with van der Waals surface area (Å²) in [5.74, 6) is 5.28. The van der Waals surface area contributed by atoms with E-state index in [1.54, 1.807) is 0 Å². The SMILES string of the molecule is Cc1cc(C2CSCC(C)CN2)c(C)o1. The second kappa shape index (κ2) is 4.62. The van der Waals surface area contributed by atoms with E-state index in [9.17, 15) is 0 Å². The van der Waals surface area contributed by atoms with E-state index in [-0.39, 0.29) is 0 Å². The lowest BCUT2D eigenvalue weighted by molar-refractivity contribution is 0.482. The van der Waals surface area contributed by atoms with Crippen LogP contribution >= 0.6 is 11.8 Å². The van der Waals surface area contributed by atoms with Crippen LogP contribution in [0.5, 0.6) is 0 Å². The van der Waals surface area contributed by atoms with Crippen LogP contribution in [-0.2, 0) is 0 Å². The van der Waals surface area contributed by atoms with E-state index < -0.39 is 0 Å². The summed E-state index contributed by atoms with van der Waals surface area (Å²) in [6.07, 6.45) is 0. The first-order valence-electron chi connectivity index (χ1n) is 5.55. The van der Waals surface area contributed by atoms with Gasteiger partial charge in [0.15, 0.2) is 0 Å². The van der Waals surface area contributed by atoms with Gasteiger partial charge in [-0.3, -0.25) is 0 Å². The molecule has 0 amide bonds. The summed E-state index contributed by atoms with van der Waals surface area (Å²) in [5.41, 5.74) is 1.34. The Morgan fingerprint density at radius 1 is 1.40 bits per heavy atom. The van der Waals surface area contributed by atoms with Crippen molar-refractivity contribution in [1.82, 2.24) is 5.32 Å². The zero-order valence-electron chi connectivity index (χ0n) is 9.67. The number of hydrogen-bond acceptors (Lipinski definition) is 3. The highest BCUT2D eigenvalue weighted by molar-refractivity contribution is 7.99. The molecular weight excluding hydrogens is 206 g/mol. The standard InChI is InChI=1S/C12H19NOS/c1-8-5-13-12(7-15-6-8)11-4-9(2)14-10(11)3/h4,8,12-13H,5-7H2,1-3H3. The first kappa shape index (κ1) is 11.1. The molecule has 2 unspecified atom stereocenters. The summed E-state index contributed by atoms with van der Waals surface area (Å²) in [6, 6.07) is 2.64. The van der Waals surface area contributed by atoms with Gasteiger partial charge in [0.2, 0.25) is 0 Å². The first-order valence-corrected chi connectivity index (χ1v) is 6.70. The van der Waals surface area contributed by atoms with Gasteiger partial charge in [0.05, 0.1) is 0 Å². The monoisotopic (exact) mass is 225 g/mol. The Bertz CT molecular complexity index is 334. The summed E-state index contributed by atoms with van der Waals surface area (Å²) in [5, 5.41) is 3.62. The van der Waals surface area contributed by atoms with Gasteiger partial charge in [-0.2, -0.15) is 11.8 Å². The van der Waals surface area contributed by atoms with Crippen LogP contribution < -0.4 is 5.32 Å². The fourth-order valence-corrected chi connectivity index (χ4v) is 3.23. The minimum atomic E-state index is 0.470. The first-order chi connectivity index (χ1) is 7.16. The maximum atomic E-state index is 5.59. The van der Waals surface area contributed by atoms with Crippen LogP contribution in [0.3, 0.4) is 0 Å². The molecule has 1 fully saturated rings. The van der Waals surface area contributed by atoms with Crippen molar-refractivity contribution in [2.24, 2.45) is 5.92 Å². The molecule has 2 nitrogen and oxygen atoms in total. The molecule has 1 saturated heterocycles. The largest absolute Gasteiger partial charge is 0.466 e. The van der Waals surface area contributed by atoms with Gasteiger partial charge >= 0.3 is 0 Å². The van der Waals surface area contributed by atoms with Crippen LogP contribution in [0.4, 0.5) is 0 Å². The fraction of sp³-hybridized carbons (Fsp3) is 0.667. The fourth-order valence-electron chi connectivity index (χ4n) is 2.04. The van der Waals surface area contributed by atoms with Gasteiger partial charge in [0.25, 0.3) is 0 Å². The van der Waals surface area contributed by atoms with E-state index in [0.29, 0.717) is 6.04 Å². The lowest BCUT2D eigenvalue weighted by atomic mass is 10.1. The molecule has 84 valence electrons. The molecule has 2 heterocycles. The predicted molar refractivity (Wildman–Crippen MR) is 65.4 cm³/mol. The summed E-state index contributed by atoms with van der Waals surface area (Å²) in [7, 11) is 0. The second-order valence-electron chi connectivity index (χ2n) is 4.47. The molecule has 0 radical (unpaired) electrons. The van der Waals surface area contributed by atoms with Gasteiger partial charge in [0, 0.05) is 17.4 Å². The number of hydrogen-bond donors (Lipinski definition) is 1. The number of rotatable bonds is 1. The van der Waals surface area contributed by atoms with E-state index in [4.69, 9.17) is 4.42 Å². The molecule has 0 saturated carbocycles. The minimum absolute atomic E-state index is 0.470. The summed E-state index contributed by atoms with van der Waals surface area (Å²) >= 11 is 2.04. The van der Waals surface area contributed by atoms with Crippen molar-refractivity contribution in [2.75, 3.05) is 18.1 Å². The lowest BCUT2D eigenvalue weighted by Crippen LogP contribution is -2.25. The number of aryl methyl sites for hydroxylation is 2. The Hall–Kier alpha value is -0.410. The van der Waals surface area contributed by atoms with Crippen molar-refractivity contribution in [2.45, 2.75) is 26.8 Å². The molecule has 1 N–H and O–H groups in total. The van der Waals surface area contributed by atoms with E-state index in [1.165, 1.54) is 11.3 Å². The topological polar surface area (TPSA) is 25.2 Å². The Morgan fingerprint density at radius 2 is 2.20 bits per heavy atom. The Morgan fingerprint density at radius 3 is 2.87 bits per heavy atom. The molecule has 0 spiro atoms. The maximum Gasteiger partial charge on any atom is 0.105 e. The van der Waals surface area contributed by atoms with Crippen molar-refractivity contribution in [3.63, 3.8) is 0 Å². The zero-order valence-corrected chi connectivity index (χ0v) is 10.5. The maximum absolute atomic E-state index is 5.59. The van der Waals surface area contributed by atoms with E-state index in [1.807, 2.05) is 18.7 Å². The van der Waals surface area contributed by atoms with Gasteiger partial charge in [-0.25, -0.2) is 0 Å². The number of furan rings is 1. The number of nitrogens with one attached hydrogen (secondary N) is 1. The van der Waals surface area contributed by atoms with E-state index in [0.717, 1.165) is 29.7 Å². The third kappa shape index (κ3) is 2.58. The van der Waals surface area contributed by atoms with Crippen molar-refractivity contribution in [1.29, 1.82) is 0 Å². The van der Waals surface area contributed by atoms with Crippen LogP contribution in [0.1, 0.15) is 30.0 Å². The van der Waals surface area contributed by atoms with Crippen LogP contribution in [0.2, 0.25) is 0 Å². The van der Waals surface area contributed by atoms with E-state index >= 15 is 0 Å². The summed E-state index contributed by atoms with van der Waals surface area (Å²) in [4.78, 5) is 0. The molecule has 0 bridgehead atoms. The molecule has 1 aromatic rings. The highest BCUT2D eigenvalue weighted by Gasteiger charge is 2.20. The van der Waals surface area contributed by atoms with Crippen LogP contribution in [0.15, 0.2) is 10.5 Å².